The molecule has 3 atom stereocenters. The summed E-state index contributed by atoms with van der Waals surface area (Å²) >= 11 is 0. The van der Waals surface area contributed by atoms with E-state index in [1.54, 1.807) is 0 Å². The second kappa shape index (κ2) is 5.22. The first-order valence-electron chi connectivity index (χ1n) is 6.85. The molecule has 0 amide bonds. The van der Waals surface area contributed by atoms with Crippen molar-refractivity contribution in [1.29, 1.82) is 0 Å². The van der Waals surface area contributed by atoms with Gasteiger partial charge in [-0.2, -0.15) is 0 Å². The van der Waals surface area contributed by atoms with Crippen molar-refractivity contribution in [1.82, 2.24) is 9.80 Å². The molecule has 0 aromatic rings. The van der Waals surface area contributed by atoms with E-state index in [1.165, 1.54) is 19.4 Å². The average molecular weight is 241 g/mol. The van der Waals surface area contributed by atoms with Gasteiger partial charge < -0.3 is 15.4 Å². The fourth-order valence-electron chi connectivity index (χ4n) is 3.46. The number of nitrogens with two attached hydrogens (primary N) is 1. The molecule has 0 spiro atoms. The number of rotatable bonds is 2. The van der Waals surface area contributed by atoms with Crippen molar-refractivity contribution in [2.45, 2.75) is 44.4 Å². The number of morpholine rings is 1. The highest BCUT2D eigenvalue weighted by molar-refractivity contribution is 4.99. The third kappa shape index (κ3) is 2.81. The van der Waals surface area contributed by atoms with Crippen molar-refractivity contribution in [3.63, 3.8) is 0 Å². The van der Waals surface area contributed by atoms with Gasteiger partial charge in [-0.25, -0.2) is 0 Å². The molecule has 100 valence electrons. The van der Waals surface area contributed by atoms with Gasteiger partial charge in [0, 0.05) is 31.7 Å². The lowest BCUT2D eigenvalue weighted by molar-refractivity contribution is -0.112. The SMILES string of the molecule is CC1CN(C2(CN)CCCN(C)C2)CC(C)O1. The Balaban J connectivity index is 2.10. The highest BCUT2D eigenvalue weighted by Gasteiger charge is 2.41. The first-order valence-corrected chi connectivity index (χ1v) is 6.85. The molecule has 0 aromatic heterocycles. The Hall–Kier alpha value is -0.160. The van der Waals surface area contributed by atoms with Crippen LogP contribution in [0, 0.1) is 0 Å². The van der Waals surface area contributed by atoms with Gasteiger partial charge in [-0.1, -0.05) is 0 Å². The van der Waals surface area contributed by atoms with E-state index in [1.807, 2.05) is 0 Å². The predicted molar refractivity (Wildman–Crippen MR) is 70.1 cm³/mol. The second-order valence-electron chi connectivity index (χ2n) is 5.93. The second-order valence-corrected chi connectivity index (χ2v) is 5.93. The Kier molecular flexibility index (Phi) is 4.08. The van der Waals surface area contributed by atoms with Crippen LogP contribution in [0.25, 0.3) is 0 Å². The molecular formula is C13H27N3O. The lowest BCUT2D eigenvalue weighted by Gasteiger charge is -2.52. The summed E-state index contributed by atoms with van der Waals surface area (Å²) in [5.74, 6) is 0. The molecular weight excluding hydrogens is 214 g/mol. The Bertz CT molecular complexity index is 251. The first kappa shape index (κ1) is 13.3. The number of hydrogen-bond acceptors (Lipinski definition) is 4. The van der Waals surface area contributed by atoms with Crippen LogP contribution in [0.1, 0.15) is 26.7 Å². The number of nitrogens with zero attached hydrogens (tertiary/aromatic N) is 2. The van der Waals surface area contributed by atoms with Gasteiger partial charge in [-0.15, -0.1) is 0 Å². The Morgan fingerprint density at radius 2 is 1.94 bits per heavy atom. The molecule has 2 heterocycles. The van der Waals surface area contributed by atoms with E-state index in [-0.39, 0.29) is 5.54 Å². The van der Waals surface area contributed by atoms with Gasteiger partial charge in [0.1, 0.15) is 0 Å². The third-order valence-corrected chi connectivity index (χ3v) is 4.22. The standard InChI is InChI=1S/C13H27N3O/c1-11-7-16(8-12(2)17-11)13(9-14)5-4-6-15(3)10-13/h11-12H,4-10,14H2,1-3H3. The van der Waals surface area contributed by atoms with Crippen LogP contribution in [0.4, 0.5) is 0 Å². The minimum absolute atomic E-state index is 0.180. The maximum absolute atomic E-state index is 6.11. The summed E-state index contributed by atoms with van der Waals surface area (Å²) in [5, 5.41) is 0. The van der Waals surface area contributed by atoms with Gasteiger partial charge in [0.2, 0.25) is 0 Å². The first-order chi connectivity index (χ1) is 8.05. The van der Waals surface area contributed by atoms with Gasteiger partial charge in [0.15, 0.2) is 0 Å². The van der Waals surface area contributed by atoms with E-state index in [0.717, 1.165) is 26.2 Å². The monoisotopic (exact) mass is 241 g/mol. The fraction of sp³-hybridized carbons (Fsp3) is 1.00. The molecule has 4 nitrogen and oxygen atoms in total. The lowest BCUT2D eigenvalue weighted by atomic mass is 9.86. The van der Waals surface area contributed by atoms with E-state index < -0.39 is 0 Å². The summed E-state index contributed by atoms with van der Waals surface area (Å²) in [6, 6.07) is 0. The molecule has 2 saturated heterocycles. The van der Waals surface area contributed by atoms with Crippen molar-refractivity contribution in [3.8, 4) is 0 Å². The third-order valence-electron chi connectivity index (χ3n) is 4.22. The van der Waals surface area contributed by atoms with E-state index in [9.17, 15) is 0 Å². The van der Waals surface area contributed by atoms with Crippen LogP contribution in [0.3, 0.4) is 0 Å². The maximum atomic E-state index is 6.11. The van der Waals surface area contributed by atoms with Crippen molar-refractivity contribution in [2.75, 3.05) is 39.8 Å². The molecule has 0 bridgehead atoms. The topological polar surface area (TPSA) is 41.7 Å². The van der Waals surface area contributed by atoms with Crippen LogP contribution in [-0.2, 0) is 4.74 Å². The maximum Gasteiger partial charge on any atom is 0.0678 e. The van der Waals surface area contributed by atoms with E-state index in [0.29, 0.717) is 12.2 Å². The van der Waals surface area contributed by atoms with Crippen molar-refractivity contribution >= 4 is 0 Å². The predicted octanol–water partition coefficient (Wildman–Crippen LogP) is 0.519. The summed E-state index contributed by atoms with van der Waals surface area (Å²) in [7, 11) is 2.21. The minimum Gasteiger partial charge on any atom is -0.373 e. The molecule has 0 radical (unpaired) electrons. The molecule has 0 aromatic carbocycles. The number of piperidine rings is 1. The number of likely N-dealkylation sites (tertiary alicyclic amines) is 1. The highest BCUT2D eigenvalue weighted by atomic mass is 16.5. The van der Waals surface area contributed by atoms with E-state index >= 15 is 0 Å². The summed E-state index contributed by atoms with van der Waals surface area (Å²) in [6.07, 6.45) is 3.14. The quantitative estimate of drug-likeness (QED) is 0.765. The summed E-state index contributed by atoms with van der Waals surface area (Å²) < 4.78 is 5.83. The normalized spacial score (nSPS) is 41.6. The fourth-order valence-corrected chi connectivity index (χ4v) is 3.46. The number of ether oxygens (including phenoxy) is 1. The molecule has 0 aliphatic carbocycles. The largest absolute Gasteiger partial charge is 0.373 e. The molecule has 2 fully saturated rings. The lowest BCUT2D eigenvalue weighted by Crippen LogP contribution is -2.66. The van der Waals surface area contributed by atoms with E-state index in [4.69, 9.17) is 10.5 Å². The zero-order valence-corrected chi connectivity index (χ0v) is 11.5. The van der Waals surface area contributed by atoms with Crippen LogP contribution in [0.15, 0.2) is 0 Å². The number of hydrogen-bond donors (Lipinski definition) is 1. The van der Waals surface area contributed by atoms with Crippen LogP contribution >= 0.6 is 0 Å². The smallest absolute Gasteiger partial charge is 0.0678 e. The van der Waals surface area contributed by atoms with Crippen LogP contribution in [0.5, 0.6) is 0 Å². The Morgan fingerprint density at radius 3 is 2.47 bits per heavy atom. The molecule has 4 heteroatoms. The molecule has 0 saturated carbocycles. The zero-order valence-electron chi connectivity index (χ0n) is 11.5. The summed E-state index contributed by atoms with van der Waals surface area (Å²) in [4.78, 5) is 5.00. The Morgan fingerprint density at radius 1 is 1.29 bits per heavy atom. The summed E-state index contributed by atoms with van der Waals surface area (Å²) in [6.45, 7) is 9.44. The van der Waals surface area contributed by atoms with Crippen LogP contribution in [0.2, 0.25) is 0 Å². The molecule has 2 rings (SSSR count). The van der Waals surface area contributed by atoms with Crippen LogP contribution < -0.4 is 5.73 Å². The van der Waals surface area contributed by atoms with Crippen LogP contribution in [-0.4, -0.2) is 67.3 Å². The van der Waals surface area contributed by atoms with Gasteiger partial charge in [-0.3, -0.25) is 4.90 Å². The van der Waals surface area contributed by atoms with E-state index in [2.05, 4.69) is 30.7 Å². The molecule has 2 aliphatic rings. The van der Waals surface area contributed by atoms with Gasteiger partial charge in [0.25, 0.3) is 0 Å². The molecule has 2 aliphatic heterocycles. The molecule has 3 unspecified atom stereocenters. The zero-order chi connectivity index (χ0) is 12.5. The number of likely N-dealkylation sites (N-methyl/N-ethyl adjacent to an activating group) is 1. The van der Waals surface area contributed by atoms with Crippen molar-refractivity contribution < 1.29 is 4.74 Å². The highest BCUT2D eigenvalue weighted by Crippen LogP contribution is 2.29. The molecule has 17 heavy (non-hydrogen) atoms. The van der Waals surface area contributed by atoms with Gasteiger partial charge in [-0.05, 0) is 40.3 Å². The van der Waals surface area contributed by atoms with Crippen molar-refractivity contribution in [3.05, 3.63) is 0 Å². The van der Waals surface area contributed by atoms with Gasteiger partial charge >= 0.3 is 0 Å². The average Bonchev–Trinajstić information content (AvgIpc) is 2.27. The molecule has 2 N–H and O–H groups in total. The minimum atomic E-state index is 0.180. The van der Waals surface area contributed by atoms with Crippen molar-refractivity contribution in [2.24, 2.45) is 5.73 Å². The van der Waals surface area contributed by atoms with Gasteiger partial charge in [0.05, 0.1) is 12.2 Å². The Labute approximate surface area is 105 Å². The summed E-state index contributed by atoms with van der Waals surface area (Å²) in [5.41, 5.74) is 6.29.